The summed E-state index contributed by atoms with van der Waals surface area (Å²) in [6.45, 7) is 1.34. The molecule has 1 N–H and O–H groups in total. The number of rotatable bonds is 1. The number of esters is 1. The summed E-state index contributed by atoms with van der Waals surface area (Å²) >= 11 is 0. The maximum Gasteiger partial charge on any atom is 0.416 e. The zero-order valence-electron chi connectivity index (χ0n) is 8.55. The molecule has 0 aliphatic carbocycles. The maximum atomic E-state index is 12.4. The number of hydrogen-bond acceptors (Lipinski definition) is 3. The number of phenolic OH excluding ortho intramolecular Hbond substituents is 1. The number of carbonyl (C=O) groups is 1. The molecule has 0 saturated carbocycles. The first-order chi connectivity index (χ1) is 7.27. The molecule has 0 amide bonds. The lowest BCUT2D eigenvalue weighted by Gasteiger charge is -2.11. The van der Waals surface area contributed by atoms with Crippen molar-refractivity contribution < 1.29 is 27.8 Å². The summed E-state index contributed by atoms with van der Waals surface area (Å²) in [4.78, 5) is 11.2. The molecule has 6 heteroatoms. The first-order valence-corrected chi connectivity index (χ1v) is 4.26. The standard InChI is InChI=1S/C10H9F3O3/c1-5-7(9(15)16-2)3-6(4-8(5)14)10(11,12)13/h3-4,14H,1-2H3. The number of hydrogen-bond donors (Lipinski definition) is 1. The van der Waals surface area contributed by atoms with Crippen LogP contribution in [0.15, 0.2) is 12.1 Å². The third-order valence-corrected chi connectivity index (χ3v) is 2.11. The molecule has 0 aliphatic rings. The Kier molecular flexibility index (Phi) is 3.11. The second kappa shape index (κ2) is 4.03. The molecule has 0 spiro atoms. The lowest BCUT2D eigenvalue weighted by atomic mass is 10.0. The number of aromatic hydroxyl groups is 1. The largest absolute Gasteiger partial charge is 0.508 e. The van der Waals surface area contributed by atoms with Crippen LogP contribution in [0.5, 0.6) is 5.75 Å². The van der Waals surface area contributed by atoms with Crippen LogP contribution in [0.4, 0.5) is 13.2 Å². The van der Waals surface area contributed by atoms with Crippen LogP contribution < -0.4 is 0 Å². The van der Waals surface area contributed by atoms with E-state index in [-0.39, 0.29) is 11.1 Å². The number of phenols is 1. The van der Waals surface area contributed by atoms with Crippen LogP contribution in [-0.2, 0) is 10.9 Å². The van der Waals surface area contributed by atoms with Crippen molar-refractivity contribution in [1.29, 1.82) is 0 Å². The number of benzene rings is 1. The average Bonchev–Trinajstić information content (AvgIpc) is 2.19. The molecular weight excluding hydrogens is 225 g/mol. The van der Waals surface area contributed by atoms with Gasteiger partial charge in [-0.05, 0) is 19.1 Å². The van der Waals surface area contributed by atoms with Gasteiger partial charge in [0, 0.05) is 5.56 Å². The van der Waals surface area contributed by atoms with Crippen LogP contribution in [-0.4, -0.2) is 18.2 Å². The fourth-order valence-corrected chi connectivity index (χ4v) is 1.18. The molecule has 1 rings (SSSR count). The Balaban J connectivity index is 3.39. The fraction of sp³-hybridized carbons (Fsp3) is 0.300. The summed E-state index contributed by atoms with van der Waals surface area (Å²) in [6, 6.07) is 1.22. The molecule has 0 bridgehead atoms. The van der Waals surface area contributed by atoms with Gasteiger partial charge in [0.2, 0.25) is 0 Å². The van der Waals surface area contributed by atoms with Crippen LogP contribution in [0.25, 0.3) is 0 Å². The van der Waals surface area contributed by atoms with Gasteiger partial charge in [-0.25, -0.2) is 4.79 Å². The molecule has 16 heavy (non-hydrogen) atoms. The van der Waals surface area contributed by atoms with E-state index in [1.165, 1.54) is 6.92 Å². The third kappa shape index (κ3) is 2.26. The fourth-order valence-electron chi connectivity index (χ4n) is 1.18. The van der Waals surface area contributed by atoms with Gasteiger partial charge in [0.25, 0.3) is 0 Å². The Morgan fingerprint density at radius 2 is 1.94 bits per heavy atom. The Morgan fingerprint density at radius 1 is 1.38 bits per heavy atom. The molecule has 88 valence electrons. The predicted octanol–water partition coefficient (Wildman–Crippen LogP) is 2.51. The minimum atomic E-state index is -4.62. The molecule has 0 aromatic heterocycles. The smallest absolute Gasteiger partial charge is 0.416 e. The van der Waals surface area contributed by atoms with E-state index >= 15 is 0 Å². The zero-order valence-corrected chi connectivity index (χ0v) is 8.55. The van der Waals surface area contributed by atoms with Gasteiger partial charge in [0.05, 0.1) is 18.2 Å². The zero-order chi connectivity index (χ0) is 12.5. The van der Waals surface area contributed by atoms with Gasteiger partial charge in [-0.15, -0.1) is 0 Å². The molecule has 3 nitrogen and oxygen atoms in total. The average molecular weight is 234 g/mol. The van der Waals surface area contributed by atoms with Crippen molar-refractivity contribution in [1.82, 2.24) is 0 Å². The quantitative estimate of drug-likeness (QED) is 0.759. The summed E-state index contributed by atoms with van der Waals surface area (Å²) in [5.41, 5.74) is -1.33. The topological polar surface area (TPSA) is 46.5 Å². The van der Waals surface area contributed by atoms with E-state index in [9.17, 15) is 23.1 Å². The number of halogens is 3. The van der Waals surface area contributed by atoms with Gasteiger partial charge >= 0.3 is 12.1 Å². The molecule has 0 unspecified atom stereocenters. The molecule has 0 fully saturated rings. The minimum absolute atomic E-state index is 0.0554. The Bertz CT molecular complexity index is 424. The summed E-state index contributed by atoms with van der Waals surface area (Å²) in [5.74, 6) is -1.51. The van der Waals surface area contributed by atoms with Crippen molar-refractivity contribution in [2.45, 2.75) is 13.1 Å². The first kappa shape index (κ1) is 12.4. The van der Waals surface area contributed by atoms with E-state index in [1.54, 1.807) is 0 Å². The van der Waals surface area contributed by atoms with E-state index in [2.05, 4.69) is 4.74 Å². The van der Waals surface area contributed by atoms with Gasteiger partial charge in [-0.2, -0.15) is 13.2 Å². The van der Waals surface area contributed by atoms with E-state index in [0.29, 0.717) is 12.1 Å². The molecule has 1 aromatic rings. The van der Waals surface area contributed by atoms with Gasteiger partial charge in [-0.1, -0.05) is 0 Å². The minimum Gasteiger partial charge on any atom is -0.508 e. The van der Waals surface area contributed by atoms with Crippen molar-refractivity contribution in [3.05, 3.63) is 28.8 Å². The van der Waals surface area contributed by atoms with Gasteiger partial charge in [0.1, 0.15) is 5.75 Å². The van der Waals surface area contributed by atoms with Gasteiger partial charge in [-0.3, -0.25) is 0 Å². The third-order valence-electron chi connectivity index (χ3n) is 2.11. The summed E-state index contributed by atoms with van der Waals surface area (Å²) in [6.07, 6.45) is -4.62. The normalized spacial score (nSPS) is 11.3. The molecule has 1 aromatic carbocycles. The lowest BCUT2D eigenvalue weighted by Crippen LogP contribution is -2.10. The lowest BCUT2D eigenvalue weighted by molar-refractivity contribution is -0.137. The molecule has 0 aliphatic heterocycles. The molecule has 0 radical (unpaired) electrons. The second-order valence-electron chi connectivity index (χ2n) is 3.16. The van der Waals surface area contributed by atoms with Crippen molar-refractivity contribution in [3.63, 3.8) is 0 Å². The predicted molar refractivity (Wildman–Crippen MR) is 49.2 cm³/mol. The van der Waals surface area contributed by atoms with E-state index in [0.717, 1.165) is 7.11 Å². The van der Waals surface area contributed by atoms with Crippen LogP contribution in [0.1, 0.15) is 21.5 Å². The maximum absolute atomic E-state index is 12.4. The van der Waals surface area contributed by atoms with Gasteiger partial charge in [0.15, 0.2) is 0 Å². The number of alkyl halides is 3. The Morgan fingerprint density at radius 3 is 2.38 bits per heavy atom. The molecule has 0 heterocycles. The highest BCUT2D eigenvalue weighted by atomic mass is 19.4. The highest BCUT2D eigenvalue weighted by Crippen LogP contribution is 2.34. The monoisotopic (exact) mass is 234 g/mol. The number of carbonyl (C=O) groups excluding carboxylic acids is 1. The van der Waals surface area contributed by atoms with Gasteiger partial charge < -0.3 is 9.84 Å². The van der Waals surface area contributed by atoms with Crippen LogP contribution in [0, 0.1) is 6.92 Å². The summed E-state index contributed by atoms with van der Waals surface area (Å²) < 4.78 is 41.5. The molecule has 0 atom stereocenters. The van der Waals surface area contributed by atoms with Crippen molar-refractivity contribution in [2.75, 3.05) is 7.11 Å². The molecule has 0 saturated heterocycles. The first-order valence-electron chi connectivity index (χ1n) is 4.26. The SMILES string of the molecule is COC(=O)c1cc(C(F)(F)F)cc(O)c1C. The van der Waals surface area contributed by atoms with Crippen LogP contribution in [0.2, 0.25) is 0 Å². The van der Waals surface area contributed by atoms with E-state index in [1.807, 2.05) is 0 Å². The Labute approximate surface area is 89.5 Å². The van der Waals surface area contributed by atoms with Crippen molar-refractivity contribution in [3.8, 4) is 5.75 Å². The molecular formula is C10H9F3O3. The van der Waals surface area contributed by atoms with E-state index in [4.69, 9.17) is 0 Å². The Hall–Kier alpha value is -1.72. The summed E-state index contributed by atoms with van der Waals surface area (Å²) in [5, 5.41) is 9.28. The second-order valence-corrected chi connectivity index (χ2v) is 3.16. The van der Waals surface area contributed by atoms with Crippen molar-refractivity contribution in [2.24, 2.45) is 0 Å². The van der Waals surface area contributed by atoms with Crippen LogP contribution >= 0.6 is 0 Å². The number of ether oxygens (including phenoxy) is 1. The van der Waals surface area contributed by atoms with E-state index < -0.39 is 23.5 Å². The van der Waals surface area contributed by atoms with Crippen LogP contribution in [0.3, 0.4) is 0 Å². The summed E-state index contributed by atoms with van der Waals surface area (Å²) in [7, 11) is 1.05. The highest BCUT2D eigenvalue weighted by molar-refractivity contribution is 5.92. The number of methoxy groups -OCH3 is 1. The highest BCUT2D eigenvalue weighted by Gasteiger charge is 2.32. The van der Waals surface area contributed by atoms with Crippen molar-refractivity contribution >= 4 is 5.97 Å².